The predicted molar refractivity (Wildman–Crippen MR) is 105 cm³/mol. The molecule has 1 N–H and O–H groups in total. The maximum absolute atomic E-state index is 7.22. The van der Waals surface area contributed by atoms with Gasteiger partial charge in [-0.1, -0.05) is 36.4 Å². The van der Waals surface area contributed by atoms with Gasteiger partial charge < -0.3 is 15.0 Å². The molecule has 0 amide bonds. The monoisotopic (exact) mass is 332 g/mol. The maximum atomic E-state index is 7.22. The largest absolute Gasteiger partial charge is 0.497 e. The SMILES string of the molecule is COc1ccc2c(c1)C(C)(Cc1ccccc1)/C(=C/C=C/C=N)N2C. The zero-order valence-corrected chi connectivity index (χ0v) is 15.0. The Balaban J connectivity index is 2.14. The van der Waals surface area contributed by atoms with E-state index in [-0.39, 0.29) is 5.41 Å². The molecule has 3 nitrogen and oxygen atoms in total. The first-order valence-corrected chi connectivity index (χ1v) is 8.44. The van der Waals surface area contributed by atoms with Crippen molar-refractivity contribution >= 4 is 11.9 Å². The van der Waals surface area contributed by atoms with Crippen molar-refractivity contribution in [3.8, 4) is 5.75 Å². The van der Waals surface area contributed by atoms with E-state index >= 15 is 0 Å². The van der Waals surface area contributed by atoms with E-state index in [1.165, 1.54) is 28.7 Å². The van der Waals surface area contributed by atoms with Gasteiger partial charge >= 0.3 is 0 Å². The highest BCUT2D eigenvalue weighted by molar-refractivity contribution is 5.73. The molecule has 0 aromatic heterocycles. The highest BCUT2D eigenvalue weighted by Crippen LogP contribution is 2.50. The van der Waals surface area contributed by atoms with Gasteiger partial charge in [0.1, 0.15) is 5.75 Å². The fraction of sp³-hybridized carbons (Fsp3) is 0.227. The number of fused-ring (bicyclic) bond motifs is 1. The lowest BCUT2D eigenvalue weighted by atomic mass is 9.76. The number of hydrogen-bond donors (Lipinski definition) is 1. The molecule has 1 atom stereocenters. The molecular formula is C22H24N2O. The molecule has 3 rings (SSSR count). The summed E-state index contributed by atoms with van der Waals surface area (Å²) in [6.45, 7) is 2.28. The molecule has 0 spiro atoms. The van der Waals surface area contributed by atoms with Crippen molar-refractivity contribution in [2.75, 3.05) is 19.1 Å². The molecule has 0 fully saturated rings. The third-order valence-corrected chi connectivity index (χ3v) is 4.95. The Hall–Kier alpha value is -2.81. The Kier molecular flexibility index (Phi) is 4.75. The first kappa shape index (κ1) is 17.0. The van der Waals surface area contributed by atoms with Gasteiger partial charge in [-0.3, -0.25) is 0 Å². The van der Waals surface area contributed by atoms with Crippen LogP contribution in [-0.2, 0) is 11.8 Å². The van der Waals surface area contributed by atoms with E-state index in [0.29, 0.717) is 0 Å². The number of ether oxygens (including phenoxy) is 1. The van der Waals surface area contributed by atoms with Crippen molar-refractivity contribution in [2.45, 2.75) is 18.8 Å². The van der Waals surface area contributed by atoms with Crippen molar-refractivity contribution < 1.29 is 4.74 Å². The Morgan fingerprint density at radius 2 is 1.88 bits per heavy atom. The number of rotatable bonds is 5. The average Bonchev–Trinajstić information content (AvgIpc) is 2.84. The van der Waals surface area contributed by atoms with Crippen molar-refractivity contribution in [3.63, 3.8) is 0 Å². The first-order valence-electron chi connectivity index (χ1n) is 8.44. The summed E-state index contributed by atoms with van der Waals surface area (Å²) in [5, 5.41) is 7.22. The number of likely N-dealkylation sites (N-methyl/N-ethyl adjacent to an activating group) is 1. The van der Waals surface area contributed by atoms with E-state index in [4.69, 9.17) is 10.1 Å². The third-order valence-electron chi connectivity index (χ3n) is 4.95. The third kappa shape index (κ3) is 3.10. The number of nitrogens with zero attached hydrogens (tertiary/aromatic N) is 1. The lowest BCUT2D eigenvalue weighted by Crippen LogP contribution is -2.28. The van der Waals surface area contributed by atoms with Crippen LogP contribution in [0.15, 0.2) is 72.5 Å². The second kappa shape index (κ2) is 6.98. The summed E-state index contributed by atoms with van der Waals surface area (Å²) < 4.78 is 5.47. The Bertz CT molecular complexity index is 823. The molecule has 2 aromatic carbocycles. The fourth-order valence-electron chi connectivity index (χ4n) is 3.70. The van der Waals surface area contributed by atoms with E-state index < -0.39 is 0 Å². The summed E-state index contributed by atoms with van der Waals surface area (Å²) in [5.41, 5.74) is 4.84. The number of hydrogen-bond acceptors (Lipinski definition) is 3. The van der Waals surface area contributed by atoms with Crippen LogP contribution in [-0.4, -0.2) is 20.4 Å². The van der Waals surface area contributed by atoms with E-state index in [9.17, 15) is 0 Å². The number of allylic oxidation sites excluding steroid dienone is 4. The van der Waals surface area contributed by atoms with Crippen LogP contribution in [0.25, 0.3) is 0 Å². The van der Waals surface area contributed by atoms with Gasteiger partial charge in [0.05, 0.1) is 7.11 Å². The highest BCUT2D eigenvalue weighted by Gasteiger charge is 2.42. The van der Waals surface area contributed by atoms with Crippen LogP contribution >= 0.6 is 0 Å². The molecular weight excluding hydrogens is 308 g/mol. The Morgan fingerprint density at radius 1 is 1.12 bits per heavy atom. The van der Waals surface area contributed by atoms with Crippen LogP contribution in [0, 0.1) is 5.41 Å². The second-order valence-electron chi connectivity index (χ2n) is 6.54. The minimum Gasteiger partial charge on any atom is -0.497 e. The Labute approximate surface area is 149 Å². The summed E-state index contributed by atoms with van der Waals surface area (Å²) in [5.74, 6) is 0.878. The lowest BCUT2D eigenvalue weighted by molar-refractivity contribution is 0.413. The van der Waals surface area contributed by atoms with Gasteiger partial charge in [-0.25, -0.2) is 0 Å². The maximum Gasteiger partial charge on any atom is 0.119 e. The molecule has 0 saturated heterocycles. The van der Waals surface area contributed by atoms with Crippen LogP contribution < -0.4 is 9.64 Å². The topological polar surface area (TPSA) is 36.3 Å². The minimum atomic E-state index is -0.160. The van der Waals surface area contributed by atoms with Gasteiger partial charge in [0.25, 0.3) is 0 Å². The summed E-state index contributed by atoms with van der Waals surface area (Å²) in [6, 6.07) is 16.9. The quantitative estimate of drug-likeness (QED) is 0.803. The van der Waals surface area contributed by atoms with E-state index in [2.05, 4.69) is 61.3 Å². The second-order valence-corrected chi connectivity index (χ2v) is 6.54. The fourth-order valence-corrected chi connectivity index (χ4v) is 3.70. The number of benzene rings is 2. The summed E-state index contributed by atoms with van der Waals surface area (Å²) in [6.07, 6.45) is 8.00. The Morgan fingerprint density at radius 3 is 2.56 bits per heavy atom. The molecule has 1 aliphatic heterocycles. The van der Waals surface area contributed by atoms with Gasteiger partial charge in [-0.05, 0) is 54.8 Å². The standard InChI is InChI=1S/C22H24N2O/c1-22(16-17-9-5-4-6-10-17)19-15-18(25-3)12-13-20(19)24(2)21(22)11-7-8-14-23/h4-15,23H,16H2,1-3H3/b8-7+,21-11-,23-14?. The van der Waals surface area contributed by atoms with Crippen molar-refractivity contribution in [3.05, 3.63) is 83.6 Å². The molecule has 2 aromatic rings. The number of nitrogens with one attached hydrogen (secondary N) is 1. The van der Waals surface area contributed by atoms with E-state index in [1.54, 1.807) is 13.2 Å². The van der Waals surface area contributed by atoms with Gasteiger partial charge in [0.15, 0.2) is 0 Å². The first-order chi connectivity index (χ1) is 12.1. The minimum absolute atomic E-state index is 0.160. The van der Waals surface area contributed by atoms with Crippen LogP contribution in [0.1, 0.15) is 18.1 Å². The van der Waals surface area contributed by atoms with Gasteiger partial charge in [-0.2, -0.15) is 0 Å². The molecule has 0 bridgehead atoms. The van der Waals surface area contributed by atoms with E-state index in [0.717, 1.165) is 12.2 Å². The lowest BCUT2D eigenvalue weighted by Gasteiger charge is -2.29. The highest BCUT2D eigenvalue weighted by atomic mass is 16.5. The zero-order valence-electron chi connectivity index (χ0n) is 15.0. The zero-order chi connectivity index (χ0) is 17.9. The number of methoxy groups -OCH3 is 1. The van der Waals surface area contributed by atoms with Crippen LogP contribution in [0.3, 0.4) is 0 Å². The molecule has 0 saturated carbocycles. The van der Waals surface area contributed by atoms with Crippen molar-refractivity contribution in [1.82, 2.24) is 0 Å². The van der Waals surface area contributed by atoms with Crippen LogP contribution in [0.4, 0.5) is 5.69 Å². The van der Waals surface area contributed by atoms with Crippen LogP contribution in [0.5, 0.6) is 5.75 Å². The smallest absolute Gasteiger partial charge is 0.119 e. The summed E-state index contributed by atoms with van der Waals surface area (Å²) in [7, 11) is 3.81. The van der Waals surface area contributed by atoms with Crippen molar-refractivity contribution in [1.29, 1.82) is 5.41 Å². The molecule has 128 valence electrons. The molecule has 1 heterocycles. The molecule has 0 aliphatic carbocycles. The van der Waals surface area contributed by atoms with Gasteiger partial charge in [-0.15, -0.1) is 0 Å². The molecule has 1 aliphatic rings. The van der Waals surface area contributed by atoms with Gasteiger partial charge in [0, 0.05) is 30.1 Å². The summed E-state index contributed by atoms with van der Waals surface area (Å²) >= 11 is 0. The normalized spacial score (nSPS) is 20.9. The van der Waals surface area contributed by atoms with Crippen molar-refractivity contribution in [2.24, 2.45) is 0 Å². The predicted octanol–water partition coefficient (Wildman–Crippen LogP) is 4.74. The van der Waals surface area contributed by atoms with E-state index in [1.807, 2.05) is 18.2 Å². The van der Waals surface area contributed by atoms with Crippen LogP contribution in [0.2, 0.25) is 0 Å². The molecule has 3 heteroatoms. The number of anilines is 1. The summed E-state index contributed by atoms with van der Waals surface area (Å²) in [4.78, 5) is 2.24. The molecule has 1 unspecified atom stereocenters. The molecule has 0 radical (unpaired) electrons. The average molecular weight is 332 g/mol. The van der Waals surface area contributed by atoms with Gasteiger partial charge in [0.2, 0.25) is 0 Å². The molecule has 25 heavy (non-hydrogen) atoms.